The van der Waals surface area contributed by atoms with E-state index >= 15 is 0 Å². The summed E-state index contributed by atoms with van der Waals surface area (Å²) in [6.45, 7) is 1.96. The number of benzene rings is 2. The fourth-order valence-corrected chi connectivity index (χ4v) is 2.45. The molecular weight excluding hydrogens is 356 g/mol. The van der Waals surface area contributed by atoms with Crippen molar-refractivity contribution in [2.75, 3.05) is 12.4 Å². The van der Waals surface area contributed by atoms with E-state index in [4.69, 9.17) is 9.15 Å². The Balaban J connectivity index is 1.85. The Morgan fingerprint density at radius 2 is 1.71 bits per heavy atom. The van der Waals surface area contributed by atoms with Gasteiger partial charge in [-0.3, -0.25) is 9.59 Å². The van der Waals surface area contributed by atoms with Crippen LogP contribution in [0, 0.1) is 6.92 Å². The molecule has 0 saturated heterocycles. The zero-order chi connectivity index (χ0) is 19.9. The molecule has 2 amide bonds. The normalized spacial score (nSPS) is 11.0. The third-order valence-electron chi connectivity index (χ3n) is 3.97. The van der Waals surface area contributed by atoms with Crippen LogP contribution in [0.25, 0.3) is 6.08 Å². The summed E-state index contributed by atoms with van der Waals surface area (Å²) in [7, 11) is 1.58. The van der Waals surface area contributed by atoms with E-state index in [1.165, 1.54) is 12.3 Å². The topological polar surface area (TPSA) is 80.6 Å². The van der Waals surface area contributed by atoms with Crippen molar-refractivity contribution in [3.63, 3.8) is 0 Å². The summed E-state index contributed by atoms with van der Waals surface area (Å²) in [6.07, 6.45) is 2.98. The maximum absolute atomic E-state index is 12.8. The predicted molar refractivity (Wildman–Crippen MR) is 107 cm³/mol. The standard InChI is InChI=1S/C22H20N2O4/c1-15-5-9-17(10-6-15)23-21(25)19(24-22(26)20-4-3-13-28-20)14-16-7-11-18(27-2)12-8-16/h3-14H,1-2H3,(H,23,25)(H,24,26). The minimum absolute atomic E-state index is 0.0899. The Labute approximate surface area is 162 Å². The lowest BCUT2D eigenvalue weighted by Gasteiger charge is -2.11. The highest BCUT2D eigenvalue weighted by Crippen LogP contribution is 2.15. The first-order valence-corrected chi connectivity index (χ1v) is 8.64. The number of ether oxygens (including phenoxy) is 1. The van der Waals surface area contributed by atoms with Crippen molar-refractivity contribution in [3.8, 4) is 5.75 Å². The Morgan fingerprint density at radius 3 is 2.32 bits per heavy atom. The van der Waals surface area contributed by atoms with Crippen LogP contribution in [0.2, 0.25) is 0 Å². The van der Waals surface area contributed by atoms with Crippen LogP contribution in [-0.2, 0) is 4.79 Å². The zero-order valence-corrected chi connectivity index (χ0v) is 15.6. The van der Waals surface area contributed by atoms with Crippen molar-refractivity contribution in [2.24, 2.45) is 0 Å². The first kappa shape index (κ1) is 19.0. The van der Waals surface area contributed by atoms with Crippen LogP contribution in [0.1, 0.15) is 21.7 Å². The average molecular weight is 376 g/mol. The van der Waals surface area contributed by atoms with Crippen molar-refractivity contribution in [1.82, 2.24) is 5.32 Å². The molecule has 0 aliphatic carbocycles. The number of methoxy groups -OCH3 is 1. The number of hydrogen-bond donors (Lipinski definition) is 2. The number of furan rings is 1. The molecule has 2 N–H and O–H groups in total. The molecule has 142 valence electrons. The number of amides is 2. The molecule has 0 unspecified atom stereocenters. The number of nitrogens with one attached hydrogen (secondary N) is 2. The van der Waals surface area contributed by atoms with Crippen LogP contribution >= 0.6 is 0 Å². The van der Waals surface area contributed by atoms with Crippen molar-refractivity contribution < 1.29 is 18.7 Å². The van der Waals surface area contributed by atoms with Gasteiger partial charge in [0.1, 0.15) is 11.4 Å². The Morgan fingerprint density at radius 1 is 1.00 bits per heavy atom. The summed E-state index contributed by atoms with van der Waals surface area (Å²) in [5, 5.41) is 5.40. The lowest BCUT2D eigenvalue weighted by molar-refractivity contribution is -0.113. The number of hydrogen-bond acceptors (Lipinski definition) is 4. The second-order valence-electron chi connectivity index (χ2n) is 6.08. The van der Waals surface area contributed by atoms with Crippen LogP contribution < -0.4 is 15.4 Å². The van der Waals surface area contributed by atoms with E-state index in [2.05, 4.69) is 10.6 Å². The molecular formula is C22H20N2O4. The van der Waals surface area contributed by atoms with Gasteiger partial charge in [0.2, 0.25) is 0 Å². The van der Waals surface area contributed by atoms with E-state index in [9.17, 15) is 9.59 Å². The van der Waals surface area contributed by atoms with Gasteiger partial charge < -0.3 is 19.8 Å². The summed E-state index contributed by atoms with van der Waals surface area (Å²) >= 11 is 0. The molecule has 1 aromatic heterocycles. The van der Waals surface area contributed by atoms with Gasteiger partial charge in [-0.15, -0.1) is 0 Å². The summed E-state index contributed by atoms with van der Waals surface area (Å²) in [5.41, 5.74) is 2.53. The van der Waals surface area contributed by atoms with E-state index in [0.717, 1.165) is 11.1 Å². The first-order chi connectivity index (χ1) is 13.5. The van der Waals surface area contributed by atoms with Gasteiger partial charge in [-0.25, -0.2) is 0 Å². The van der Waals surface area contributed by atoms with Gasteiger partial charge in [0.25, 0.3) is 11.8 Å². The maximum atomic E-state index is 12.8. The molecule has 6 nitrogen and oxygen atoms in total. The molecule has 28 heavy (non-hydrogen) atoms. The van der Waals surface area contributed by atoms with Crippen LogP contribution in [-0.4, -0.2) is 18.9 Å². The van der Waals surface area contributed by atoms with E-state index in [1.807, 2.05) is 19.1 Å². The molecule has 0 radical (unpaired) electrons. The minimum Gasteiger partial charge on any atom is -0.497 e. The minimum atomic E-state index is -0.510. The van der Waals surface area contributed by atoms with Gasteiger partial charge in [0.15, 0.2) is 5.76 Å². The molecule has 3 rings (SSSR count). The Bertz CT molecular complexity index is 972. The first-order valence-electron chi connectivity index (χ1n) is 8.64. The van der Waals surface area contributed by atoms with Crippen molar-refractivity contribution in [1.29, 1.82) is 0 Å². The summed E-state index contributed by atoms with van der Waals surface area (Å²) in [6, 6.07) is 17.6. The lowest BCUT2D eigenvalue weighted by Crippen LogP contribution is -2.30. The highest BCUT2D eigenvalue weighted by Gasteiger charge is 2.16. The predicted octanol–water partition coefficient (Wildman–Crippen LogP) is 4.01. The van der Waals surface area contributed by atoms with Crippen molar-refractivity contribution in [2.45, 2.75) is 6.92 Å². The van der Waals surface area contributed by atoms with Gasteiger partial charge in [0.05, 0.1) is 13.4 Å². The van der Waals surface area contributed by atoms with E-state index < -0.39 is 11.8 Å². The third-order valence-corrected chi connectivity index (χ3v) is 3.97. The Kier molecular flexibility index (Phi) is 5.91. The highest BCUT2D eigenvalue weighted by molar-refractivity contribution is 6.10. The SMILES string of the molecule is COc1ccc(C=C(NC(=O)c2ccco2)C(=O)Nc2ccc(C)cc2)cc1. The quantitative estimate of drug-likeness (QED) is 0.637. The molecule has 0 bridgehead atoms. The number of anilines is 1. The van der Waals surface area contributed by atoms with Crippen LogP contribution in [0.4, 0.5) is 5.69 Å². The number of rotatable bonds is 6. The van der Waals surface area contributed by atoms with Crippen molar-refractivity contribution >= 4 is 23.6 Å². The van der Waals surface area contributed by atoms with Crippen LogP contribution in [0.15, 0.2) is 77.0 Å². The third kappa shape index (κ3) is 4.88. The van der Waals surface area contributed by atoms with Crippen LogP contribution in [0.3, 0.4) is 0 Å². The number of carbonyl (C=O) groups excluding carboxylic acids is 2. The van der Waals surface area contributed by atoms with Crippen molar-refractivity contribution in [3.05, 3.63) is 89.5 Å². The summed E-state index contributed by atoms with van der Waals surface area (Å²) < 4.78 is 10.2. The molecule has 0 aliphatic rings. The van der Waals surface area contributed by atoms with E-state index in [-0.39, 0.29) is 11.5 Å². The lowest BCUT2D eigenvalue weighted by atomic mass is 10.1. The largest absolute Gasteiger partial charge is 0.497 e. The maximum Gasteiger partial charge on any atom is 0.291 e. The average Bonchev–Trinajstić information content (AvgIpc) is 3.25. The van der Waals surface area contributed by atoms with E-state index in [1.54, 1.807) is 55.7 Å². The zero-order valence-electron chi connectivity index (χ0n) is 15.6. The second-order valence-corrected chi connectivity index (χ2v) is 6.08. The van der Waals surface area contributed by atoms with Gasteiger partial charge in [-0.1, -0.05) is 29.8 Å². The highest BCUT2D eigenvalue weighted by atomic mass is 16.5. The molecule has 1 heterocycles. The molecule has 0 saturated carbocycles. The Hall–Kier alpha value is -3.80. The second kappa shape index (κ2) is 8.73. The fraction of sp³-hybridized carbons (Fsp3) is 0.0909. The van der Waals surface area contributed by atoms with Gasteiger partial charge in [-0.2, -0.15) is 0 Å². The van der Waals surface area contributed by atoms with Crippen LogP contribution in [0.5, 0.6) is 5.75 Å². The monoisotopic (exact) mass is 376 g/mol. The fourth-order valence-electron chi connectivity index (χ4n) is 2.45. The summed E-state index contributed by atoms with van der Waals surface area (Å²) in [4.78, 5) is 25.1. The van der Waals surface area contributed by atoms with Gasteiger partial charge >= 0.3 is 0 Å². The number of aryl methyl sites for hydroxylation is 1. The van der Waals surface area contributed by atoms with E-state index in [0.29, 0.717) is 11.4 Å². The molecule has 0 atom stereocenters. The number of carbonyl (C=O) groups is 2. The smallest absolute Gasteiger partial charge is 0.291 e. The molecule has 3 aromatic rings. The molecule has 6 heteroatoms. The van der Waals surface area contributed by atoms with Gasteiger partial charge in [-0.05, 0) is 55.0 Å². The summed E-state index contributed by atoms with van der Waals surface area (Å²) in [5.74, 6) is -0.144. The molecule has 0 fully saturated rings. The van der Waals surface area contributed by atoms with Gasteiger partial charge in [0, 0.05) is 5.69 Å². The molecule has 0 spiro atoms. The molecule has 2 aromatic carbocycles. The molecule has 0 aliphatic heterocycles.